The highest BCUT2D eigenvalue weighted by atomic mass is 35.5. The van der Waals surface area contributed by atoms with Crippen LogP contribution in [-0.4, -0.2) is 32.8 Å². The molecule has 140 valence electrons. The molecule has 1 amide bonds. The number of benzene rings is 2. The highest BCUT2D eigenvalue weighted by molar-refractivity contribution is 6.31. The molecule has 0 bridgehead atoms. The summed E-state index contributed by atoms with van der Waals surface area (Å²) < 4.78 is 6.74. The first kappa shape index (κ1) is 17.7. The molecule has 2 aromatic heterocycles. The minimum atomic E-state index is -0.394. The maximum atomic E-state index is 12.8. The normalized spacial score (nSPS) is 10.8. The lowest BCUT2D eigenvalue weighted by Crippen LogP contribution is -2.15. The Morgan fingerprint density at radius 3 is 2.89 bits per heavy atom. The summed E-state index contributed by atoms with van der Waals surface area (Å²) in [4.78, 5) is 31.5. The number of carbonyl (C=O) groups is 1. The molecule has 8 nitrogen and oxygen atoms in total. The first-order valence-corrected chi connectivity index (χ1v) is 8.62. The van der Waals surface area contributed by atoms with Crippen molar-refractivity contribution in [3.63, 3.8) is 0 Å². The van der Waals surface area contributed by atoms with Gasteiger partial charge in [0.15, 0.2) is 5.65 Å². The maximum absolute atomic E-state index is 12.8. The lowest BCUT2D eigenvalue weighted by Gasteiger charge is -2.13. The molecule has 0 unspecified atom stereocenters. The van der Waals surface area contributed by atoms with Gasteiger partial charge in [0.1, 0.15) is 11.1 Å². The van der Waals surface area contributed by atoms with E-state index in [1.54, 1.807) is 36.4 Å². The van der Waals surface area contributed by atoms with Crippen molar-refractivity contribution in [2.75, 3.05) is 12.4 Å². The first-order chi connectivity index (χ1) is 13.6. The van der Waals surface area contributed by atoms with Crippen molar-refractivity contribution in [3.8, 4) is 11.4 Å². The zero-order valence-electron chi connectivity index (χ0n) is 14.6. The van der Waals surface area contributed by atoms with Crippen LogP contribution in [0.15, 0.2) is 59.8 Å². The summed E-state index contributed by atoms with van der Waals surface area (Å²) in [5.41, 5.74) is 1.43. The molecule has 4 rings (SSSR count). The Balaban J connectivity index is 1.77. The zero-order chi connectivity index (χ0) is 19.7. The summed E-state index contributed by atoms with van der Waals surface area (Å²) in [5, 5.41) is 7.86. The largest absolute Gasteiger partial charge is 0.496 e. The van der Waals surface area contributed by atoms with Crippen molar-refractivity contribution < 1.29 is 9.53 Å². The predicted molar refractivity (Wildman–Crippen MR) is 105 cm³/mol. The van der Waals surface area contributed by atoms with Crippen LogP contribution in [0.3, 0.4) is 0 Å². The van der Waals surface area contributed by atoms with E-state index in [4.69, 9.17) is 16.3 Å². The third-order valence-corrected chi connectivity index (χ3v) is 4.39. The van der Waals surface area contributed by atoms with Gasteiger partial charge in [-0.1, -0.05) is 23.7 Å². The fourth-order valence-electron chi connectivity index (χ4n) is 2.84. The fourth-order valence-corrected chi connectivity index (χ4v) is 3.02. The number of anilines is 1. The van der Waals surface area contributed by atoms with E-state index in [2.05, 4.69) is 20.4 Å². The second kappa shape index (κ2) is 7.16. The number of aromatic nitrogens is 4. The van der Waals surface area contributed by atoms with Crippen LogP contribution in [0.4, 0.5) is 5.69 Å². The van der Waals surface area contributed by atoms with Crippen LogP contribution >= 0.6 is 11.6 Å². The number of ether oxygens (including phenoxy) is 1. The van der Waals surface area contributed by atoms with Gasteiger partial charge in [0.2, 0.25) is 0 Å². The lowest BCUT2D eigenvalue weighted by atomic mass is 10.1. The molecule has 0 aliphatic heterocycles. The average molecular weight is 396 g/mol. The molecule has 2 N–H and O–H groups in total. The van der Waals surface area contributed by atoms with Gasteiger partial charge in [-0.25, -0.2) is 9.67 Å². The first-order valence-electron chi connectivity index (χ1n) is 8.24. The predicted octanol–water partition coefficient (Wildman–Crippen LogP) is 3.02. The smallest absolute Gasteiger partial charge is 0.261 e. The van der Waals surface area contributed by atoms with E-state index in [0.717, 1.165) is 0 Å². The van der Waals surface area contributed by atoms with E-state index in [1.165, 1.54) is 30.4 Å². The molecule has 0 fully saturated rings. The van der Waals surface area contributed by atoms with Gasteiger partial charge in [0, 0.05) is 5.02 Å². The number of hydrogen-bond donors (Lipinski definition) is 2. The van der Waals surface area contributed by atoms with Gasteiger partial charge in [-0.15, -0.1) is 0 Å². The number of carbonyl (C=O) groups excluding carboxylic acids is 1. The molecule has 0 radical (unpaired) electrons. The number of methoxy groups -OCH3 is 1. The molecule has 0 spiro atoms. The van der Waals surface area contributed by atoms with Crippen LogP contribution in [0.2, 0.25) is 5.02 Å². The van der Waals surface area contributed by atoms with Gasteiger partial charge in [0.25, 0.3) is 11.5 Å². The van der Waals surface area contributed by atoms with Gasteiger partial charge in [-0.05, 0) is 30.3 Å². The Labute approximate surface area is 163 Å². The molecule has 2 heterocycles. The standard InChI is InChI=1S/C19H14ClN5O3/c1-28-16-7-6-11(20)8-12(16)19(27)24-14-4-2-3-5-15(14)25-17-13(9-23-25)18(26)22-10-21-17/h2-10H,1H3,(H,24,27)(H,21,22,26). The van der Waals surface area contributed by atoms with Crippen molar-refractivity contribution in [3.05, 3.63) is 75.9 Å². The van der Waals surface area contributed by atoms with Crippen molar-refractivity contribution >= 4 is 34.2 Å². The number of rotatable bonds is 4. The molecular formula is C19H14ClN5O3. The van der Waals surface area contributed by atoms with Crippen LogP contribution in [0.5, 0.6) is 5.75 Å². The summed E-state index contributed by atoms with van der Waals surface area (Å²) >= 11 is 6.02. The minimum Gasteiger partial charge on any atom is -0.496 e. The third kappa shape index (κ3) is 3.10. The lowest BCUT2D eigenvalue weighted by molar-refractivity contribution is 0.102. The number of fused-ring (bicyclic) bond motifs is 1. The average Bonchev–Trinajstić information content (AvgIpc) is 3.13. The molecule has 0 aliphatic carbocycles. The number of amides is 1. The Bertz CT molecular complexity index is 1250. The SMILES string of the molecule is COc1ccc(Cl)cc1C(=O)Nc1ccccc1-n1ncc2c(=O)[nH]cnc21. The van der Waals surface area contributed by atoms with E-state index in [-0.39, 0.29) is 5.56 Å². The molecule has 0 saturated heterocycles. The van der Waals surface area contributed by atoms with Crippen molar-refractivity contribution in [1.82, 2.24) is 19.7 Å². The molecule has 28 heavy (non-hydrogen) atoms. The minimum absolute atomic E-state index is 0.290. The van der Waals surface area contributed by atoms with Gasteiger partial charge < -0.3 is 15.0 Å². The van der Waals surface area contributed by atoms with Crippen molar-refractivity contribution in [2.24, 2.45) is 0 Å². The number of nitrogens with one attached hydrogen (secondary N) is 2. The van der Waals surface area contributed by atoms with Crippen LogP contribution in [0.1, 0.15) is 10.4 Å². The van der Waals surface area contributed by atoms with Gasteiger partial charge in [-0.2, -0.15) is 5.10 Å². The summed E-state index contributed by atoms with van der Waals surface area (Å²) in [5.74, 6) is 0.00573. The second-order valence-electron chi connectivity index (χ2n) is 5.84. The van der Waals surface area contributed by atoms with Crippen LogP contribution in [0, 0.1) is 0 Å². The summed E-state index contributed by atoms with van der Waals surface area (Å²) in [6, 6.07) is 11.9. The Kier molecular flexibility index (Phi) is 4.54. The van der Waals surface area contributed by atoms with Gasteiger partial charge in [0.05, 0.1) is 36.6 Å². The summed E-state index contributed by atoms with van der Waals surface area (Å²) in [6.07, 6.45) is 2.74. The monoisotopic (exact) mass is 395 g/mol. The number of halogens is 1. The second-order valence-corrected chi connectivity index (χ2v) is 6.28. The Morgan fingerprint density at radius 2 is 2.07 bits per heavy atom. The molecule has 0 saturated carbocycles. The van der Waals surface area contributed by atoms with Crippen molar-refractivity contribution in [1.29, 1.82) is 0 Å². The topological polar surface area (TPSA) is 102 Å². The number of aromatic amines is 1. The van der Waals surface area contributed by atoms with E-state index in [9.17, 15) is 9.59 Å². The van der Waals surface area contributed by atoms with Crippen LogP contribution < -0.4 is 15.6 Å². The molecule has 0 aliphatic rings. The quantitative estimate of drug-likeness (QED) is 0.553. The summed E-state index contributed by atoms with van der Waals surface area (Å²) in [6.45, 7) is 0. The molecule has 9 heteroatoms. The van der Waals surface area contributed by atoms with E-state index in [1.807, 2.05) is 0 Å². The van der Waals surface area contributed by atoms with Crippen molar-refractivity contribution in [2.45, 2.75) is 0 Å². The highest BCUT2D eigenvalue weighted by Crippen LogP contribution is 2.26. The third-order valence-electron chi connectivity index (χ3n) is 4.16. The summed E-state index contributed by atoms with van der Waals surface area (Å²) in [7, 11) is 1.48. The number of para-hydroxylation sites is 2. The Hall–Kier alpha value is -3.65. The molecular weight excluding hydrogens is 382 g/mol. The molecule has 4 aromatic rings. The number of H-pyrrole nitrogens is 1. The highest BCUT2D eigenvalue weighted by Gasteiger charge is 2.17. The zero-order valence-corrected chi connectivity index (χ0v) is 15.4. The maximum Gasteiger partial charge on any atom is 0.261 e. The van der Waals surface area contributed by atoms with Gasteiger partial charge >= 0.3 is 0 Å². The van der Waals surface area contributed by atoms with Crippen LogP contribution in [0.25, 0.3) is 16.7 Å². The van der Waals surface area contributed by atoms with E-state index >= 15 is 0 Å². The van der Waals surface area contributed by atoms with Gasteiger partial charge in [-0.3, -0.25) is 9.59 Å². The number of nitrogens with zero attached hydrogens (tertiary/aromatic N) is 3. The van der Waals surface area contributed by atoms with Crippen LogP contribution in [-0.2, 0) is 0 Å². The van der Waals surface area contributed by atoms with E-state index in [0.29, 0.717) is 38.7 Å². The fraction of sp³-hybridized carbons (Fsp3) is 0.0526. The number of hydrogen-bond acceptors (Lipinski definition) is 5. The molecule has 0 atom stereocenters. The molecule has 2 aromatic carbocycles. The Morgan fingerprint density at radius 1 is 1.25 bits per heavy atom. The van der Waals surface area contributed by atoms with E-state index < -0.39 is 5.91 Å².